The molecule has 7 heteroatoms. The van der Waals surface area contributed by atoms with Crippen LogP contribution in [0.4, 0.5) is 4.79 Å². The van der Waals surface area contributed by atoms with Crippen LogP contribution in [0.1, 0.15) is 62.8 Å². The Bertz CT molecular complexity index is 560. The van der Waals surface area contributed by atoms with Gasteiger partial charge in [0.2, 0.25) is 11.8 Å². The number of carbonyl (C=O) groups excluding carboxylic acids is 1. The summed E-state index contributed by atoms with van der Waals surface area (Å²) in [5.74, 6) is 2.31. The Hall–Kier alpha value is -1.63. The maximum absolute atomic E-state index is 12.0. The SMILES string of the molecule is C[C@H]1CCC(c2nnc([C@@H]3CC[C@@H]4CN3C(=O)N4O)o2)C1. The molecule has 2 aliphatic heterocycles. The van der Waals surface area contributed by atoms with Gasteiger partial charge in [-0.05, 0) is 38.0 Å². The van der Waals surface area contributed by atoms with Gasteiger partial charge in [0.25, 0.3) is 0 Å². The molecular formula is C14H20N4O3. The Kier molecular flexibility index (Phi) is 2.92. The van der Waals surface area contributed by atoms with E-state index in [0.29, 0.717) is 30.2 Å². The molecule has 1 aromatic rings. The number of amides is 2. The Morgan fingerprint density at radius 1 is 1.19 bits per heavy atom. The highest BCUT2D eigenvalue weighted by Crippen LogP contribution is 2.40. The molecule has 7 nitrogen and oxygen atoms in total. The molecule has 2 bridgehead atoms. The number of urea groups is 1. The van der Waals surface area contributed by atoms with Crippen molar-refractivity contribution in [1.29, 1.82) is 0 Å². The molecule has 1 aliphatic carbocycles. The lowest BCUT2D eigenvalue weighted by molar-refractivity contribution is -0.0584. The molecule has 4 rings (SSSR count). The predicted molar refractivity (Wildman–Crippen MR) is 71.5 cm³/mol. The molecule has 0 aromatic carbocycles. The molecule has 1 N–H and O–H groups in total. The van der Waals surface area contributed by atoms with Crippen molar-refractivity contribution in [3.63, 3.8) is 0 Å². The van der Waals surface area contributed by atoms with E-state index in [1.54, 1.807) is 4.90 Å². The average molecular weight is 292 g/mol. The van der Waals surface area contributed by atoms with Crippen molar-refractivity contribution < 1.29 is 14.4 Å². The lowest BCUT2D eigenvalue weighted by atomic mass is 10.0. The van der Waals surface area contributed by atoms with Crippen LogP contribution in [0, 0.1) is 5.92 Å². The molecule has 1 unspecified atom stereocenters. The van der Waals surface area contributed by atoms with Crippen molar-refractivity contribution >= 4 is 6.03 Å². The summed E-state index contributed by atoms with van der Waals surface area (Å²) in [6.07, 6.45) is 4.93. The summed E-state index contributed by atoms with van der Waals surface area (Å²) in [7, 11) is 0. The van der Waals surface area contributed by atoms with Crippen LogP contribution in [0.3, 0.4) is 0 Å². The fraction of sp³-hybridized carbons (Fsp3) is 0.786. The normalized spacial score (nSPS) is 35.8. The first-order valence-electron chi connectivity index (χ1n) is 7.75. The second kappa shape index (κ2) is 4.69. The second-order valence-corrected chi connectivity index (χ2v) is 6.62. The molecule has 2 saturated heterocycles. The minimum Gasteiger partial charge on any atom is -0.423 e. The third-order valence-corrected chi connectivity index (χ3v) is 5.13. The topological polar surface area (TPSA) is 82.7 Å². The first kappa shape index (κ1) is 13.1. The second-order valence-electron chi connectivity index (χ2n) is 6.62. The van der Waals surface area contributed by atoms with Crippen LogP contribution >= 0.6 is 0 Å². The molecule has 114 valence electrons. The summed E-state index contributed by atoms with van der Waals surface area (Å²) in [6.45, 7) is 2.79. The largest absolute Gasteiger partial charge is 0.423 e. The van der Waals surface area contributed by atoms with Crippen LogP contribution in [0.25, 0.3) is 0 Å². The van der Waals surface area contributed by atoms with E-state index in [4.69, 9.17) is 4.42 Å². The number of rotatable bonds is 2. The molecular weight excluding hydrogens is 272 g/mol. The van der Waals surface area contributed by atoms with Crippen LogP contribution in [0.2, 0.25) is 0 Å². The highest BCUT2D eigenvalue weighted by Gasteiger charge is 2.46. The number of nitrogens with zero attached hydrogens (tertiary/aromatic N) is 4. The third-order valence-electron chi connectivity index (χ3n) is 5.13. The summed E-state index contributed by atoms with van der Waals surface area (Å²) < 4.78 is 5.87. The van der Waals surface area contributed by atoms with E-state index in [1.807, 2.05) is 0 Å². The van der Waals surface area contributed by atoms with E-state index in [1.165, 1.54) is 6.42 Å². The van der Waals surface area contributed by atoms with Gasteiger partial charge >= 0.3 is 6.03 Å². The van der Waals surface area contributed by atoms with Gasteiger partial charge in [0.15, 0.2) is 0 Å². The van der Waals surface area contributed by atoms with Crippen LogP contribution in [0.5, 0.6) is 0 Å². The zero-order chi connectivity index (χ0) is 14.6. The molecule has 3 aliphatic rings. The fourth-order valence-electron chi connectivity index (χ4n) is 3.88. The molecule has 3 heterocycles. The van der Waals surface area contributed by atoms with Crippen LogP contribution < -0.4 is 0 Å². The van der Waals surface area contributed by atoms with E-state index in [0.717, 1.165) is 30.7 Å². The maximum atomic E-state index is 12.0. The molecule has 4 atom stereocenters. The van der Waals surface area contributed by atoms with Crippen molar-refractivity contribution in [1.82, 2.24) is 20.2 Å². The maximum Gasteiger partial charge on any atom is 0.344 e. The molecule has 0 spiro atoms. The van der Waals surface area contributed by atoms with Crippen LogP contribution in [0.15, 0.2) is 4.42 Å². The summed E-state index contributed by atoms with van der Waals surface area (Å²) >= 11 is 0. The number of fused-ring (bicyclic) bond motifs is 2. The zero-order valence-corrected chi connectivity index (χ0v) is 12.1. The third kappa shape index (κ3) is 2.02. The summed E-state index contributed by atoms with van der Waals surface area (Å²) in [4.78, 5) is 13.6. The standard InChI is InChI=1S/C14H20N4O3/c1-8-2-3-9(6-8)12-15-16-13(21-12)11-5-4-10-7-17(11)14(19)18(10)20/h8-11,20H,2-7H2,1H3/t8-,9?,10+,11-/m0/s1. The van der Waals surface area contributed by atoms with Crippen molar-refractivity contribution in [2.45, 2.75) is 57.0 Å². The number of hydroxylamine groups is 2. The number of hydrogen-bond donors (Lipinski definition) is 1. The van der Waals surface area contributed by atoms with Crippen molar-refractivity contribution in [3.8, 4) is 0 Å². The van der Waals surface area contributed by atoms with E-state index in [-0.39, 0.29) is 18.1 Å². The van der Waals surface area contributed by atoms with E-state index in [2.05, 4.69) is 17.1 Å². The van der Waals surface area contributed by atoms with Gasteiger partial charge in [0.05, 0.1) is 6.04 Å². The Balaban J connectivity index is 1.54. The molecule has 1 aromatic heterocycles. The van der Waals surface area contributed by atoms with Crippen molar-refractivity contribution in [3.05, 3.63) is 11.8 Å². The van der Waals surface area contributed by atoms with Crippen molar-refractivity contribution in [2.75, 3.05) is 6.54 Å². The van der Waals surface area contributed by atoms with E-state index in [9.17, 15) is 10.0 Å². The summed E-state index contributed by atoms with van der Waals surface area (Å²) in [5.41, 5.74) is 0. The lowest BCUT2D eigenvalue weighted by Gasteiger charge is -2.27. The van der Waals surface area contributed by atoms with Gasteiger partial charge in [-0.25, -0.2) is 9.86 Å². The smallest absolute Gasteiger partial charge is 0.344 e. The van der Waals surface area contributed by atoms with Gasteiger partial charge in [0, 0.05) is 12.5 Å². The highest BCUT2D eigenvalue weighted by molar-refractivity contribution is 5.76. The van der Waals surface area contributed by atoms with Gasteiger partial charge in [-0.15, -0.1) is 10.2 Å². The zero-order valence-electron chi connectivity index (χ0n) is 12.1. The quantitative estimate of drug-likeness (QED) is 0.846. The molecule has 1 saturated carbocycles. The highest BCUT2D eigenvalue weighted by atomic mass is 16.5. The van der Waals surface area contributed by atoms with E-state index >= 15 is 0 Å². The monoisotopic (exact) mass is 292 g/mol. The van der Waals surface area contributed by atoms with Crippen LogP contribution in [-0.2, 0) is 0 Å². The van der Waals surface area contributed by atoms with Gasteiger partial charge in [0.1, 0.15) is 6.04 Å². The Labute approximate surface area is 122 Å². The molecule has 21 heavy (non-hydrogen) atoms. The molecule has 3 fully saturated rings. The molecule has 0 radical (unpaired) electrons. The first-order chi connectivity index (χ1) is 10.1. The van der Waals surface area contributed by atoms with Gasteiger partial charge < -0.3 is 9.32 Å². The summed E-state index contributed by atoms with van der Waals surface area (Å²) in [6, 6.07) is -0.630. The first-order valence-corrected chi connectivity index (χ1v) is 7.75. The number of piperidine rings is 1. The van der Waals surface area contributed by atoms with E-state index < -0.39 is 0 Å². The minimum atomic E-state index is -0.350. The minimum absolute atomic E-state index is 0.0909. The lowest BCUT2D eigenvalue weighted by Crippen LogP contribution is -2.34. The van der Waals surface area contributed by atoms with Gasteiger partial charge in [-0.3, -0.25) is 5.21 Å². The number of aromatic nitrogens is 2. The van der Waals surface area contributed by atoms with Gasteiger partial charge in [-0.2, -0.15) is 0 Å². The number of carbonyl (C=O) groups is 1. The number of hydrogen-bond acceptors (Lipinski definition) is 5. The average Bonchev–Trinajstić information content (AvgIpc) is 3.17. The fourth-order valence-corrected chi connectivity index (χ4v) is 3.88. The Morgan fingerprint density at radius 3 is 2.76 bits per heavy atom. The molecule has 2 amide bonds. The van der Waals surface area contributed by atoms with Crippen molar-refractivity contribution in [2.24, 2.45) is 5.92 Å². The predicted octanol–water partition coefficient (Wildman–Crippen LogP) is 2.30. The van der Waals surface area contributed by atoms with Crippen LogP contribution in [-0.4, -0.2) is 44.0 Å². The Morgan fingerprint density at radius 2 is 2.00 bits per heavy atom. The van der Waals surface area contributed by atoms with Gasteiger partial charge in [-0.1, -0.05) is 6.92 Å². The summed E-state index contributed by atoms with van der Waals surface area (Å²) in [5, 5.41) is 18.9.